The quantitative estimate of drug-likeness (QED) is 0.145. The van der Waals surface area contributed by atoms with E-state index in [-0.39, 0.29) is 36.2 Å². The number of anilines is 3. The van der Waals surface area contributed by atoms with Crippen LogP contribution < -0.4 is 16.0 Å². The molecule has 0 aromatic heterocycles. The van der Waals surface area contributed by atoms with Gasteiger partial charge in [-0.25, -0.2) is 8.78 Å². The Morgan fingerprint density at radius 1 is 0.844 bits per heavy atom. The van der Waals surface area contributed by atoms with Crippen molar-refractivity contribution in [2.75, 3.05) is 22.5 Å². The van der Waals surface area contributed by atoms with Crippen LogP contribution in [-0.4, -0.2) is 29.6 Å². The predicted molar refractivity (Wildman–Crippen MR) is 159 cm³/mol. The Hall–Kier alpha value is -5.28. The Morgan fingerprint density at radius 3 is 2.07 bits per heavy atom. The van der Waals surface area contributed by atoms with Crippen LogP contribution in [0.5, 0.6) is 0 Å². The molecule has 0 fully saturated rings. The normalized spacial score (nSPS) is 11.8. The number of carbonyl (C=O) groups excluding carboxylic acids is 2. The van der Waals surface area contributed by atoms with E-state index in [0.29, 0.717) is 28.1 Å². The highest BCUT2D eigenvalue weighted by atomic mass is 19.4. The van der Waals surface area contributed by atoms with Crippen molar-refractivity contribution in [1.82, 2.24) is 0 Å². The summed E-state index contributed by atoms with van der Waals surface area (Å²) in [5.41, 5.74) is 1.13. The molecule has 0 radical (unpaired) electrons. The van der Waals surface area contributed by atoms with Crippen LogP contribution in [0.4, 0.5) is 39.0 Å². The first-order valence-corrected chi connectivity index (χ1v) is 13.6. The van der Waals surface area contributed by atoms with E-state index >= 15 is 4.39 Å². The van der Waals surface area contributed by atoms with Crippen LogP contribution >= 0.6 is 0 Å². The average Bonchev–Trinajstić information content (AvgIpc) is 2.98. The molecule has 0 aliphatic heterocycles. The second kappa shape index (κ2) is 14.0. The van der Waals surface area contributed by atoms with E-state index < -0.39 is 41.3 Å². The molecule has 0 bridgehead atoms. The fraction of sp³-hybridized carbons (Fsp3) is 0.182. The average molecular weight is 623 g/mol. The number of benzene rings is 4. The molecule has 12 heteroatoms. The van der Waals surface area contributed by atoms with Crippen LogP contribution in [0.2, 0.25) is 0 Å². The maximum Gasteiger partial charge on any atom is 0.416 e. The van der Waals surface area contributed by atoms with Crippen LogP contribution in [0.25, 0.3) is 11.1 Å². The van der Waals surface area contributed by atoms with Crippen molar-refractivity contribution >= 4 is 28.9 Å². The fourth-order valence-electron chi connectivity index (χ4n) is 4.50. The van der Waals surface area contributed by atoms with Gasteiger partial charge in [-0.3, -0.25) is 9.59 Å². The number of rotatable bonds is 10. The summed E-state index contributed by atoms with van der Waals surface area (Å²) in [7, 11) is 0. The number of alkyl halides is 3. The van der Waals surface area contributed by atoms with Crippen molar-refractivity contribution < 1.29 is 36.6 Å². The largest absolute Gasteiger partial charge is 0.416 e. The summed E-state index contributed by atoms with van der Waals surface area (Å²) in [4.78, 5) is 24.8. The summed E-state index contributed by atoms with van der Waals surface area (Å²) in [6, 6.07) is 18.5. The van der Waals surface area contributed by atoms with Gasteiger partial charge in [-0.1, -0.05) is 6.07 Å². The SMILES string of the molecule is Cc1cc(F)c(-c2cc(CC(O)CC(=O)Nc3ccc(C#N)cc3)ccc2F)cc1NCC(=O)Nc1ccc(C(F)(F)F)cc1. The fourth-order valence-corrected chi connectivity index (χ4v) is 4.50. The number of nitrogens with one attached hydrogen (secondary N) is 3. The van der Waals surface area contributed by atoms with Crippen molar-refractivity contribution in [2.45, 2.75) is 32.0 Å². The Labute approximate surface area is 255 Å². The molecule has 7 nitrogen and oxygen atoms in total. The molecule has 2 amide bonds. The molecule has 4 aromatic rings. The molecule has 0 aliphatic carbocycles. The molecule has 0 saturated carbocycles. The third kappa shape index (κ3) is 8.87. The van der Waals surface area contributed by atoms with Crippen LogP contribution in [0, 0.1) is 29.9 Å². The zero-order chi connectivity index (χ0) is 32.7. The van der Waals surface area contributed by atoms with Gasteiger partial charge >= 0.3 is 6.18 Å². The number of hydrogen-bond acceptors (Lipinski definition) is 5. The number of nitrogens with zero attached hydrogens (tertiary/aromatic N) is 1. The van der Waals surface area contributed by atoms with Gasteiger partial charge in [0.1, 0.15) is 11.6 Å². The maximum atomic E-state index is 15.0. The van der Waals surface area contributed by atoms with E-state index in [1.54, 1.807) is 19.1 Å². The molecule has 232 valence electrons. The lowest BCUT2D eigenvalue weighted by Gasteiger charge is -2.15. The third-order valence-electron chi connectivity index (χ3n) is 6.76. The van der Waals surface area contributed by atoms with Gasteiger partial charge in [0.15, 0.2) is 0 Å². The number of aliphatic hydroxyl groups excluding tert-OH is 1. The summed E-state index contributed by atoms with van der Waals surface area (Å²) in [6.45, 7) is 1.27. The van der Waals surface area contributed by atoms with Crippen molar-refractivity contribution in [3.8, 4) is 17.2 Å². The zero-order valence-electron chi connectivity index (χ0n) is 23.8. The molecule has 0 heterocycles. The summed E-state index contributed by atoms with van der Waals surface area (Å²) >= 11 is 0. The van der Waals surface area contributed by atoms with Crippen molar-refractivity contribution in [2.24, 2.45) is 0 Å². The summed E-state index contributed by atoms with van der Waals surface area (Å²) in [6.07, 6.45) is -5.94. The summed E-state index contributed by atoms with van der Waals surface area (Å²) < 4.78 is 68.2. The van der Waals surface area contributed by atoms with E-state index in [4.69, 9.17) is 5.26 Å². The number of hydrogen-bond donors (Lipinski definition) is 4. The summed E-state index contributed by atoms with van der Waals surface area (Å²) in [5.74, 6) is -2.52. The lowest BCUT2D eigenvalue weighted by Crippen LogP contribution is -2.22. The smallest absolute Gasteiger partial charge is 0.392 e. The van der Waals surface area contributed by atoms with Crippen molar-refractivity contribution in [3.63, 3.8) is 0 Å². The highest BCUT2D eigenvalue weighted by Gasteiger charge is 2.30. The first kappa shape index (κ1) is 32.6. The third-order valence-corrected chi connectivity index (χ3v) is 6.76. The number of aliphatic hydroxyl groups is 1. The molecule has 4 aromatic carbocycles. The van der Waals surface area contributed by atoms with Gasteiger partial charge in [0.05, 0.1) is 36.3 Å². The van der Waals surface area contributed by atoms with Crippen LogP contribution in [0.1, 0.15) is 28.7 Å². The van der Waals surface area contributed by atoms with E-state index in [1.165, 1.54) is 36.4 Å². The minimum absolute atomic E-state index is 0.0310. The molecule has 0 saturated heterocycles. The minimum atomic E-state index is -4.51. The minimum Gasteiger partial charge on any atom is -0.392 e. The Morgan fingerprint density at radius 2 is 1.44 bits per heavy atom. The molecule has 0 spiro atoms. The van der Waals surface area contributed by atoms with Crippen LogP contribution in [-0.2, 0) is 22.2 Å². The molecule has 0 aliphatic rings. The molecule has 4 N–H and O–H groups in total. The van der Waals surface area contributed by atoms with E-state index in [2.05, 4.69) is 16.0 Å². The van der Waals surface area contributed by atoms with E-state index in [1.807, 2.05) is 6.07 Å². The van der Waals surface area contributed by atoms with E-state index in [0.717, 1.165) is 30.3 Å². The number of nitriles is 1. The maximum absolute atomic E-state index is 15.0. The van der Waals surface area contributed by atoms with Crippen LogP contribution in [0.15, 0.2) is 78.9 Å². The highest BCUT2D eigenvalue weighted by Crippen LogP contribution is 2.32. The monoisotopic (exact) mass is 622 g/mol. The van der Waals surface area contributed by atoms with Gasteiger partial charge in [-0.2, -0.15) is 18.4 Å². The topological polar surface area (TPSA) is 114 Å². The van der Waals surface area contributed by atoms with Gasteiger partial charge in [0.2, 0.25) is 11.8 Å². The van der Waals surface area contributed by atoms with Crippen LogP contribution in [0.3, 0.4) is 0 Å². The Bertz CT molecular complexity index is 1730. The number of aryl methyl sites for hydroxylation is 1. The molecule has 45 heavy (non-hydrogen) atoms. The Balaban J connectivity index is 1.41. The van der Waals surface area contributed by atoms with Gasteiger partial charge < -0.3 is 21.1 Å². The number of carbonyl (C=O) groups is 2. The molecular weight excluding hydrogens is 595 g/mol. The van der Waals surface area contributed by atoms with Gasteiger partial charge in [0, 0.05) is 28.2 Å². The lowest BCUT2D eigenvalue weighted by atomic mass is 9.97. The van der Waals surface area contributed by atoms with E-state index in [9.17, 15) is 32.3 Å². The predicted octanol–water partition coefficient (Wildman–Crippen LogP) is 6.81. The molecular formula is C33H27F5N4O3. The second-order valence-corrected chi connectivity index (χ2v) is 10.2. The Kier molecular flexibility index (Phi) is 10.2. The molecule has 1 atom stereocenters. The van der Waals surface area contributed by atoms with Gasteiger partial charge in [-0.05, 0) is 97.3 Å². The first-order chi connectivity index (χ1) is 21.3. The van der Waals surface area contributed by atoms with Gasteiger partial charge in [0.25, 0.3) is 0 Å². The standard InChI is InChI=1S/C33H27F5N4O3/c1-19-12-29(35)27(16-30(19)40-18-32(45)42-24-9-5-22(6-10-24)33(36,37)38)26-14-21(4-11-28(26)34)13-25(43)15-31(44)41-23-7-2-20(17-39)3-8-23/h2-12,14,16,25,40,43H,13,15,18H2,1H3,(H,41,44)(H,42,45). The summed E-state index contributed by atoms with van der Waals surface area (Å²) in [5, 5.41) is 27.3. The number of amides is 2. The second-order valence-electron chi connectivity index (χ2n) is 10.2. The van der Waals surface area contributed by atoms with Crippen molar-refractivity contribution in [3.05, 3.63) is 113 Å². The number of halogens is 5. The molecule has 4 rings (SSSR count). The lowest BCUT2D eigenvalue weighted by molar-refractivity contribution is -0.137. The zero-order valence-corrected chi connectivity index (χ0v) is 23.8. The first-order valence-electron chi connectivity index (χ1n) is 13.6. The highest BCUT2D eigenvalue weighted by molar-refractivity contribution is 5.94. The van der Waals surface area contributed by atoms with Gasteiger partial charge in [-0.15, -0.1) is 0 Å². The van der Waals surface area contributed by atoms with Crippen molar-refractivity contribution in [1.29, 1.82) is 5.26 Å². The molecule has 1 unspecified atom stereocenters.